The lowest BCUT2D eigenvalue weighted by molar-refractivity contribution is 0.282. The van der Waals surface area contributed by atoms with E-state index in [1.54, 1.807) is 6.07 Å². The molecule has 1 aromatic heterocycles. The average Bonchev–Trinajstić information content (AvgIpc) is 2.43. The van der Waals surface area contributed by atoms with Crippen molar-refractivity contribution in [2.75, 3.05) is 17.6 Å². The zero-order valence-electron chi connectivity index (χ0n) is 11.5. The van der Waals surface area contributed by atoms with Crippen LogP contribution in [0.4, 0.5) is 11.5 Å². The molecule has 4 nitrogen and oxygen atoms in total. The van der Waals surface area contributed by atoms with Gasteiger partial charge in [0.1, 0.15) is 11.9 Å². The second-order valence-corrected chi connectivity index (χ2v) is 5.59. The average molecular weight is 258 g/mol. The van der Waals surface area contributed by atoms with E-state index in [1.165, 1.54) is 32.1 Å². The fourth-order valence-electron chi connectivity index (χ4n) is 2.68. The van der Waals surface area contributed by atoms with Gasteiger partial charge < -0.3 is 11.1 Å². The third-order valence-electron chi connectivity index (χ3n) is 4.03. The Labute approximate surface area is 115 Å². The van der Waals surface area contributed by atoms with Gasteiger partial charge in [-0.05, 0) is 30.4 Å². The minimum Gasteiger partial charge on any atom is -0.396 e. The molecule has 0 saturated heterocycles. The predicted octanol–water partition coefficient (Wildman–Crippen LogP) is 3.16. The van der Waals surface area contributed by atoms with E-state index in [2.05, 4.69) is 17.2 Å². The number of rotatable bonds is 4. The molecule has 0 bridgehead atoms. The Kier molecular flexibility index (Phi) is 4.62. The Hall–Kier alpha value is -1.76. The van der Waals surface area contributed by atoms with Crippen molar-refractivity contribution in [3.63, 3.8) is 0 Å². The molecule has 1 saturated carbocycles. The number of nitriles is 1. The Morgan fingerprint density at radius 1 is 1.37 bits per heavy atom. The second kappa shape index (κ2) is 6.42. The minimum absolute atomic E-state index is 0.302. The Morgan fingerprint density at radius 3 is 2.79 bits per heavy atom. The monoisotopic (exact) mass is 258 g/mol. The van der Waals surface area contributed by atoms with Gasteiger partial charge in [0, 0.05) is 6.54 Å². The van der Waals surface area contributed by atoms with Gasteiger partial charge in [-0.3, -0.25) is 0 Å². The van der Waals surface area contributed by atoms with Crippen LogP contribution in [-0.2, 0) is 0 Å². The predicted molar refractivity (Wildman–Crippen MR) is 77.6 cm³/mol. The topological polar surface area (TPSA) is 74.7 Å². The van der Waals surface area contributed by atoms with Crippen LogP contribution in [0.15, 0.2) is 12.1 Å². The minimum atomic E-state index is 0.302. The number of anilines is 2. The highest BCUT2D eigenvalue weighted by atomic mass is 15.0. The van der Waals surface area contributed by atoms with Gasteiger partial charge >= 0.3 is 0 Å². The van der Waals surface area contributed by atoms with Gasteiger partial charge in [0.2, 0.25) is 0 Å². The lowest BCUT2D eigenvalue weighted by Gasteiger charge is -2.26. The molecular weight excluding hydrogens is 236 g/mol. The first-order valence-corrected chi connectivity index (χ1v) is 7.09. The van der Waals surface area contributed by atoms with Gasteiger partial charge in [0.25, 0.3) is 0 Å². The highest BCUT2D eigenvalue weighted by molar-refractivity contribution is 5.54. The van der Waals surface area contributed by atoms with Crippen molar-refractivity contribution in [3.05, 3.63) is 17.8 Å². The van der Waals surface area contributed by atoms with E-state index in [9.17, 15) is 0 Å². The van der Waals surface area contributed by atoms with Crippen LogP contribution in [0.3, 0.4) is 0 Å². The molecule has 0 spiro atoms. The molecule has 0 aliphatic heterocycles. The van der Waals surface area contributed by atoms with Crippen LogP contribution in [0.2, 0.25) is 0 Å². The van der Waals surface area contributed by atoms with Crippen molar-refractivity contribution in [2.24, 2.45) is 11.8 Å². The molecule has 0 unspecified atom stereocenters. The molecule has 0 radical (unpaired) electrons. The highest BCUT2D eigenvalue weighted by Crippen LogP contribution is 2.30. The summed E-state index contributed by atoms with van der Waals surface area (Å²) in [5, 5.41) is 12.2. The summed E-state index contributed by atoms with van der Waals surface area (Å²) in [6.07, 6.45) is 6.61. The number of aromatic nitrogens is 1. The van der Waals surface area contributed by atoms with Crippen LogP contribution >= 0.6 is 0 Å². The van der Waals surface area contributed by atoms with Gasteiger partial charge in [-0.15, -0.1) is 0 Å². The zero-order chi connectivity index (χ0) is 13.7. The lowest BCUT2D eigenvalue weighted by Crippen LogP contribution is -2.16. The first-order valence-electron chi connectivity index (χ1n) is 7.09. The van der Waals surface area contributed by atoms with Crippen molar-refractivity contribution >= 4 is 11.5 Å². The van der Waals surface area contributed by atoms with Crippen molar-refractivity contribution in [2.45, 2.75) is 39.0 Å². The van der Waals surface area contributed by atoms with E-state index in [-0.39, 0.29) is 0 Å². The third-order valence-corrected chi connectivity index (χ3v) is 4.03. The molecule has 1 heterocycles. The van der Waals surface area contributed by atoms with Crippen molar-refractivity contribution in [1.82, 2.24) is 4.98 Å². The van der Waals surface area contributed by atoms with E-state index in [0.29, 0.717) is 11.4 Å². The second-order valence-electron chi connectivity index (χ2n) is 5.59. The molecular formula is C15H22N4. The maximum absolute atomic E-state index is 8.88. The molecule has 1 aromatic rings. The maximum atomic E-state index is 8.88. The first-order chi connectivity index (χ1) is 9.19. The summed E-state index contributed by atoms with van der Waals surface area (Å²) < 4.78 is 0. The van der Waals surface area contributed by atoms with Crippen LogP contribution in [0, 0.1) is 23.2 Å². The summed E-state index contributed by atoms with van der Waals surface area (Å²) in [5.41, 5.74) is 6.39. The number of nitrogens with zero attached hydrogens (tertiary/aromatic N) is 2. The molecule has 19 heavy (non-hydrogen) atoms. The number of nitrogens with two attached hydrogens (primary N) is 1. The fraction of sp³-hybridized carbons (Fsp3) is 0.600. The molecule has 0 aromatic carbocycles. The Morgan fingerprint density at radius 2 is 2.11 bits per heavy atom. The first kappa shape index (κ1) is 13.7. The molecule has 0 atom stereocenters. The lowest BCUT2D eigenvalue weighted by atomic mass is 9.81. The Balaban J connectivity index is 1.78. The van der Waals surface area contributed by atoms with E-state index in [1.807, 2.05) is 12.1 Å². The number of hydrogen-bond acceptors (Lipinski definition) is 4. The van der Waals surface area contributed by atoms with Crippen LogP contribution in [0.1, 0.15) is 44.7 Å². The van der Waals surface area contributed by atoms with E-state index >= 15 is 0 Å². The van der Waals surface area contributed by atoms with Gasteiger partial charge in [-0.25, -0.2) is 4.98 Å². The van der Waals surface area contributed by atoms with E-state index < -0.39 is 0 Å². The fourth-order valence-corrected chi connectivity index (χ4v) is 2.68. The standard InChI is InChI=1S/C15H22N4/c1-11-2-4-12(5-3-11)8-9-18-15-7-6-13(17)14(10-16)19-15/h6-7,11-12H,2-5,8-9,17H2,1H3,(H,18,19). The molecule has 3 N–H and O–H groups in total. The molecule has 4 heteroatoms. The summed E-state index contributed by atoms with van der Waals surface area (Å²) in [7, 11) is 0. The maximum Gasteiger partial charge on any atom is 0.165 e. The van der Waals surface area contributed by atoms with Crippen molar-refractivity contribution in [1.29, 1.82) is 5.26 Å². The quantitative estimate of drug-likeness (QED) is 0.869. The van der Waals surface area contributed by atoms with Crippen molar-refractivity contribution < 1.29 is 0 Å². The molecule has 102 valence electrons. The van der Waals surface area contributed by atoms with Crippen LogP contribution in [-0.4, -0.2) is 11.5 Å². The molecule has 1 aliphatic rings. The Bertz CT molecular complexity index is 456. The number of hydrogen-bond donors (Lipinski definition) is 2. The summed E-state index contributed by atoms with van der Waals surface area (Å²) >= 11 is 0. The van der Waals surface area contributed by atoms with Crippen LogP contribution in [0.5, 0.6) is 0 Å². The van der Waals surface area contributed by atoms with E-state index in [0.717, 1.165) is 24.2 Å². The third kappa shape index (κ3) is 3.85. The smallest absolute Gasteiger partial charge is 0.165 e. The van der Waals surface area contributed by atoms with Gasteiger partial charge in [0.05, 0.1) is 5.69 Å². The molecule has 1 aliphatic carbocycles. The van der Waals surface area contributed by atoms with Gasteiger partial charge in [-0.1, -0.05) is 32.6 Å². The number of nitrogens with one attached hydrogen (secondary N) is 1. The van der Waals surface area contributed by atoms with Gasteiger partial charge in [-0.2, -0.15) is 5.26 Å². The summed E-state index contributed by atoms with van der Waals surface area (Å²) in [5.74, 6) is 2.49. The summed E-state index contributed by atoms with van der Waals surface area (Å²) in [4.78, 5) is 4.19. The number of nitrogen functional groups attached to an aromatic ring is 1. The van der Waals surface area contributed by atoms with Crippen LogP contribution < -0.4 is 11.1 Å². The molecule has 1 fully saturated rings. The number of pyridine rings is 1. The van der Waals surface area contributed by atoms with E-state index in [4.69, 9.17) is 11.0 Å². The van der Waals surface area contributed by atoms with Gasteiger partial charge in [0.15, 0.2) is 5.69 Å². The zero-order valence-corrected chi connectivity index (χ0v) is 11.5. The largest absolute Gasteiger partial charge is 0.396 e. The highest BCUT2D eigenvalue weighted by Gasteiger charge is 2.17. The summed E-state index contributed by atoms with van der Waals surface area (Å²) in [6, 6.07) is 5.57. The van der Waals surface area contributed by atoms with Crippen LogP contribution in [0.25, 0.3) is 0 Å². The molecule has 0 amide bonds. The SMILES string of the molecule is CC1CCC(CCNc2ccc(N)c(C#N)n2)CC1. The molecule has 2 rings (SSSR count). The van der Waals surface area contributed by atoms with Crippen molar-refractivity contribution in [3.8, 4) is 6.07 Å². The summed E-state index contributed by atoms with van der Waals surface area (Å²) in [6.45, 7) is 3.26. The normalized spacial score (nSPS) is 22.7.